The van der Waals surface area contributed by atoms with Crippen molar-refractivity contribution in [1.29, 1.82) is 0 Å². The van der Waals surface area contributed by atoms with Crippen LogP contribution in [0.1, 0.15) is 11.8 Å². The maximum absolute atomic E-state index is 11.9. The van der Waals surface area contributed by atoms with E-state index in [4.69, 9.17) is 5.11 Å². The van der Waals surface area contributed by atoms with Crippen molar-refractivity contribution < 1.29 is 13.5 Å². The van der Waals surface area contributed by atoms with Gasteiger partial charge in [0.25, 0.3) is 0 Å². The highest BCUT2D eigenvalue weighted by Gasteiger charge is 2.17. The zero-order valence-electron chi connectivity index (χ0n) is 9.84. The molecule has 0 saturated carbocycles. The number of aliphatic hydroxyl groups is 1. The summed E-state index contributed by atoms with van der Waals surface area (Å²) < 4.78 is 26.7. The summed E-state index contributed by atoms with van der Waals surface area (Å²) in [7, 11) is -3.39. The highest BCUT2D eigenvalue weighted by molar-refractivity contribution is 7.99. The Morgan fingerprint density at radius 1 is 1.53 bits per heavy atom. The smallest absolute Gasteiger partial charge is 0.250 e. The predicted octanol–water partition coefficient (Wildman–Crippen LogP) is 1.31. The summed E-state index contributed by atoms with van der Waals surface area (Å²) in [5.41, 5.74) is 0. The SMILES string of the molecule is CSC(C)CNS(=O)(=O)c1ccc(CCO)s1. The van der Waals surface area contributed by atoms with Gasteiger partial charge in [0, 0.05) is 29.7 Å². The number of aliphatic hydroxyl groups excluding tert-OH is 1. The largest absolute Gasteiger partial charge is 0.396 e. The van der Waals surface area contributed by atoms with Crippen LogP contribution in [-0.2, 0) is 16.4 Å². The molecule has 1 heterocycles. The van der Waals surface area contributed by atoms with Crippen molar-refractivity contribution in [2.45, 2.75) is 22.8 Å². The minimum absolute atomic E-state index is 0.0386. The van der Waals surface area contributed by atoms with Crippen LogP contribution in [-0.4, -0.2) is 38.2 Å². The molecule has 1 unspecified atom stereocenters. The second-order valence-electron chi connectivity index (χ2n) is 3.59. The molecule has 0 aromatic carbocycles. The van der Waals surface area contributed by atoms with Gasteiger partial charge in [-0.1, -0.05) is 6.92 Å². The number of thiophene rings is 1. The molecule has 0 spiro atoms. The summed E-state index contributed by atoms with van der Waals surface area (Å²) in [6.07, 6.45) is 2.45. The van der Waals surface area contributed by atoms with Gasteiger partial charge in [-0.3, -0.25) is 0 Å². The Morgan fingerprint density at radius 3 is 2.82 bits per heavy atom. The first-order valence-corrected chi connectivity index (χ1v) is 8.80. The van der Waals surface area contributed by atoms with Crippen LogP contribution < -0.4 is 4.72 Å². The normalized spacial score (nSPS) is 13.8. The van der Waals surface area contributed by atoms with E-state index >= 15 is 0 Å². The van der Waals surface area contributed by atoms with Crippen molar-refractivity contribution in [3.05, 3.63) is 17.0 Å². The highest BCUT2D eigenvalue weighted by Crippen LogP contribution is 2.21. The minimum atomic E-state index is -3.39. The Morgan fingerprint density at radius 2 is 2.24 bits per heavy atom. The van der Waals surface area contributed by atoms with Crippen molar-refractivity contribution in [2.75, 3.05) is 19.4 Å². The fraction of sp³-hybridized carbons (Fsp3) is 0.600. The van der Waals surface area contributed by atoms with Gasteiger partial charge in [-0.2, -0.15) is 11.8 Å². The van der Waals surface area contributed by atoms with Gasteiger partial charge in [-0.25, -0.2) is 13.1 Å². The second kappa shape index (κ2) is 6.75. The number of hydrogen-bond donors (Lipinski definition) is 2. The highest BCUT2D eigenvalue weighted by atomic mass is 32.2. The minimum Gasteiger partial charge on any atom is -0.396 e. The van der Waals surface area contributed by atoms with E-state index in [2.05, 4.69) is 4.72 Å². The van der Waals surface area contributed by atoms with E-state index in [9.17, 15) is 8.42 Å². The average molecular weight is 295 g/mol. The van der Waals surface area contributed by atoms with Crippen molar-refractivity contribution >= 4 is 33.1 Å². The quantitative estimate of drug-likeness (QED) is 0.796. The number of sulfonamides is 1. The lowest BCUT2D eigenvalue weighted by Crippen LogP contribution is -2.28. The van der Waals surface area contributed by atoms with Crippen LogP contribution >= 0.6 is 23.1 Å². The summed E-state index contributed by atoms with van der Waals surface area (Å²) in [6, 6.07) is 3.33. The Bertz CT molecular complexity index is 441. The lowest BCUT2D eigenvalue weighted by atomic mass is 10.4. The zero-order chi connectivity index (χ0) is 12.9. The number of rotatable bonds is 7. The molecule has 0 radical (unpaired) electrons. The van der Waals surface area contributed by atoms with E-state index in [-0.39, 0.29) is 11.9 Å². The van der Waals surface area contributed by atoms with E-state index in [0.29, 0.717) is 17.2 Å². The van der Waals surface area contributed by atoms with Gasteiger partial charge >= 0.3 is 0 Å². The Labute approximate surface area is 110 Å². The second-order valence-corrected chi connectivity index (χ2v) is 8.03. The number of nitrogens with one attached hydrogen (secondary N) is 1. The van der Waals surface area contributed by atoms with Gasteiger partial charge in [0.1, 0.15) is 4.21 Å². The maximum Gasteiger partial charge on any atom is 0.250 e. The fourth-order valence-electron chi connectivity index (χ4n) is 1.13. The molecule has 0 saturated heterocycles. The lowest BCUT2D eigenvalue weighted by molar-refractivity contribution is 0.300. The molecule has 1 aromatic heterocycles. The molecule has 0 bridgehead atoms. The van der Waals surface area contributed by atoms with E-state index < -0.39 is 10.0 Å². The summed E-state index contributed by atoms with van der Waals surface area (Å²) in [5.74, 6) is 0. The molecule has 0 amide bonds. The van der Waals surface area contributed by atoms with Crippen LogP contribution in [0.15, 0.2) is 16.3 Å². The van der Waals surface area contributed by atoms with Crippen molar-refractivity contribution in [2.24, 2.45) is 0 Å². The van der Waals surface area contributed by atoms with Gasteiger partial charge in [0.2, 0.25) is 10.0 Å². The first kappa shape index (κ1) is 15.0. The van der Waals surface area contributed by atoms with Gasteiger partial charge in [0.05, 0.1) is 0 Å². The molecule has 1 rings (SSSR count). The molecule has 0 aliphatic carbocycles. The molecule has 0 fully saturated rings. The molecule has 2 N–H and O–H groups in total. The standard InChI is InChI=1S/C10H17NO3S3/c1-8(15-2)7-11-17(13,14)10-4-3-9(16-10)5-6-12/h3-4,8,11-12H,5-7H2,1-2H3. The van der Waals surface area contributed by atoms with Gasteiger partial charge in [-0.15, -0.1) is 11.3 Å². The Balaban J connectivity index is 2.68. The van der Waals surface area contributed by atoms with Crippen LogP contribution in [0.4, 0.5) is 0 Å². The molecule has 7 heteroatoms. The molecule has 1 aromatic rings. The third-order valence-electron chi connectivity index (χ3n) is 2.22. The van der Waals surface area contributed by atoms with E-state index in [0.717, 1.165) is 4.88 Å². The topological polar surface area (TPSA) is 66.4 Å². The lowest BCUT2D eigenvalue weighted by Gasteiger charge is -2.09. The fourth-order valence-corrected chi connectivity index (χ4v) is 4.00. The predicted molar refractivity (Wildman–Crippen MR) is 73.3 cm³/mol. The van der Waals surface area contributed by atoms with Crippen LogP contribution in [0.2, 0.25) is 0 Å². The molecule has 0 aliphatic heterocycles. The molecule has 98 valence electrons. The third-order valence-corrected chi connectivity index (χ3v) is 6.26. The monoisotopic (exact) mass is 295 g/mol. The first-order chi connectivity index (χ1) is 7.99. The van der Waals surface area contributed by atoms with Crippen molar-refractivity contribution in [1.82, 2.24) is 4.72 Å². The van der Waals surface area contributed by atoms with E-state index in [1.165, 1.54) is 11.3 Å². The zero-order valence-corrected chi connectivity index (χ0v) is 12.3. The molecule has 4 nitrogen and oxygen atoms in total. The van der Waals surface area contributed by atoms with E-state index in [1.54, 1.807) is 23.9 Å². The van der Waals surface area contributed by atoms with Gasteiger partial charge < -0.3 is 5.11 Å². The molecular formula is C10H17NO3S3. The summed E-state index contributed by atoms with van der Waals surface area (Å²) in [5, 5.41) is 9.03. The molecule has 0 aliphatic rings. The van der Waals surface area contributed by atoms with Crippen LogP contribution in [0.3, 0.4) is 0 Å². The number of hydrogen-bond acceptors (Lipinski definition) is 5. The molecular weight excluding hydrogens is 278 g/mol. The molecule has 17 heavy (non-hydrogen) atoms. The van der Waals surface area contributed by atoms with Crippen LogP contribution in [0.25, 0.3) is 0 Å². The maximum atomic E-state index is 11.9. The Kier molecular flexibility index (Phi) is 5.94. The summed E-state index contributed by atoms with van der Waals surface area (Å²) >= 11 is 2.82. The Hall–Kier alpha value is -0.0800. The van der Waals surface area contributed by atoms with Crippen LogP contribution in [0, 0.1) is 0 Å². The summed E-state index contributed by atoms with van der Waals surface area (Å²) in [6.45, 7) is 2.44. The number of thioether (sulfide) groups is 1. The van der Waals surface area contributed by atoms with Gasteiger partial charge in [0.15, 0.2) is 0 Å². The van der Waals surface area contributed by atoms with Gasteiger partial charge in [-0.05, 0) is 18.4 Å². The average Bonchev–Trinajstić information content (AvgIpc) is 2.76. The van der Waals surface area contributed by atoms with Crippen LogP contribution in [0.5, 0.6) is 0 Å². The van der Waals surface area contributed by atoms with Crippen molar-refractivity contribution in [3.63, 3.8) is 0 Å². The molecule has 1 atom stereocenters. The summed E-state index contributed by atoms with van der Waals surface area (Å²) in [4.78, 5) is 0.880. The van der Waals surface area contributed by atoms with E-state index in [1.807, 2.05) is 13.2 Å². The van der Waals surface area contributed by atoms with Crippen molar-refractivity contribution in [3.8, 4) is 0 Å². The third kappa shape index (κ3) is 4.59. The first-order valence-electron chi connectivity index (χ1n) is 5.21.